The molecule has 0 aliphatic carbocycles. The van der Waals surface area contributed by atoms with Crippen molar-refractivity contribution in [1.82, 2.24) is 4.90 Å². The van der Waals surface area contributed by atoms with E-state index in [1.165, 1.54) is 0 Å². The standard InChI is InChI=1S/C16H21F3N2O2/c1-11-3-4-13(12(2)9-11)20-14(22)10-21-7-5-15(23,6-8-21)16(17,18)19/h3-4,9,23H,5-8,10H2,1-2H3,(H,20,22). The molecule has 128 valence electrons. The molecule has 1 aromatic carbocycles. The molecule has 23 heavy (non-hydrogen) atoms. The first-order chi connectivity index (χ1) is 10.6. The average Bonchev–Trinajstić information content (AvgIpc) is 2.43. The maximum absolute atomic E-state index is 12.7. The lowest BCUT2D eigenvalue weighted by molar-refractivity contribution is -0.272. The molecule has 0 radical (unpaired) electrons. The van der Waals surface area contributed by atoms with Gasteiger partial charge in [-0.1, -0.05) is 17.7 Å². The van der Waals surface area contributed by atoms with Crippen molar-refractivity contribution in [1.29, 1.82) is 0 Å². The second-order valence-electron chi connectivity index (χ2n) is 6.17. The van der Waals surface area contributed by atoms with Crippen molar-refractivity contribution in [2.75, 3.05) is 25.0 Å². The molecule has 1 saturated heterocycles. The summed E-state index contributed by atoms with van der Waals surface area (Å²) in [5.41, 5.74) is 0.0869. The van der Waals surface area contributed by atoms with Gasteiger partial charge in [-0.05, 0) is 38.3 Å². The summed E-state index contributed by atoms with van der Waals surface area (Å²) in [7, 11) is 0. The molecule has 1 aliphatic rings. The van der Waals surface area contributed by atoms with Gasteiger partial charge in [0.25, 0.3) is 0 Å². The Labute approximate surface area is 133 Å². The molecule has 0 spiro atoms. The lowest BCUT2D eigenvalue weighted by atomic mass is 9.91. The number of hydrogen-bond acceptors (Lipinski definition) is 3. The molecule has 0 aromatic heterocycles. The van der Waals surface area contributed by atoms with E-state index in [1.54, 1.807) is 11.0 Å². The number of aryl methyl sites for hydroxylation is 2. The summed E-state index contributed by atoms with van der Waals surface area (Å²) in [4.78, 5) is 13.7. The molecule has 2 rings (SSSR count). The molecule has 1 aliphatic heterocycles. The number of nitrogens with zero attached hydrogens (tertiary/aromatic N) is 1. The van der Waals surface area contributed by atoms with Crippen molar-refractivity contribution in [3.05, 3.63) is 29.3 Å². The minimum absolute atomic E-state index is 0.0151. The van der Waals surface area contributed by atoms with Gasteiger partial charge in [-0.2, -0.15) is 13.2 Å². The number of carbonyl (C=O) groups is 1. The van der Waals surface area contributed by atoms with Crippen LogP contribution >= 0.6 is 0 Å². The summed E-state index contributed by atoms with van der Waals surface area (Å²) in [6.45, 7) is 3.93. The largest absolute Gasteiger partial charge is 0.417 e. The van der Waals surface area contributed by atoms with Crippen LogP contribution in [-0.2, 0) is 4.79 Å². The fraction of sp³-hybridized carbons (Fsp3) is 0.562. The predicted molar refractivity (Wildman–Crippen MR) is 81.2 cm³/mol. The molecule has 7 heteroatoms. The molecule has 1 amide bonds. The van der Waals surface area contributed by atoms with E-state index < -0.39 is 24.6 Å². The quantitative estimate of drug-likeness (QED) is 0.896. The minimum atomic E-state index is -4.62. The highest BCUT2D eigenvalue weighted by atomic mass is 19.4. The zero-order valence-corrected chi connectivity index (χ0v) is 13.2. The first-order valence-electron chi connectivity index (χ1n) is 7.49. The topological polar surface area (TPSA) is 52.6 Å². The van der Waals surface area contributed by atoms with Gasteiger partial charge in [-0.25, -0.2) is 0 Å². The Bertz CT molecular complexity index is 579. The number of amides is 1. The summed E-state index contributed by atoms with van der Waals surface area (Å²) in [5, 5.41) is 12.4. The molecule has 0 saturated carbocycles. The Hall–Kier alpha value is -1.60. The molecule has 0 atom stereocenters. The van der Waals surface area contributed by atoms with Gasteiger partial charge >= 0.3 is 6.18 Å². The Morgan fingerprint density at radius 1 is 1.30 bits per heavy atom. The van der Waals surface area contributed by atoms with E-state index in [9.17, 15) is 23.1 Å². The van der Waals surface area contributed by atoms with Crippen LogP contribution in [0.2, 0.25) is 0 Å². The molecule has 2 N–H and O–H groups in total. The van der Waals surface area contributed by atoms with Crippen LogP contribution in [0, 0.1) is 13.8 Å². The number of likely N-dealkylation sites (tertiary alicyclic amines) is 1. The van der Waals surface area contributed by atoms with Crippen LogP contribution in [0.3, 0.4) is 0 Å². The SMILES string of the molecule is Cc1ccc(NC(=O)CN2CCC(O)(C(F)(F)F)CC2)c(C)c1. The smallest absolute Gasteiger partial charge is 0.380 e. The number of anilines is 1. The van der Waals surface area contributed by atoms with Crippen LogP contribution in [0.15, 0.2) is 18.2 Å². The van der Waals surface area contributed by atoms with Gasteiger partial charge in [0.1, 0.15) is 0 Å². The molecule has 1 aromatic rings. The number of halogens is 3. The highest BCUT2D eigenvalue weighted by molar-refractivity contribution is 5.93. The third-order valence-electron chi connectivity index (χ3n) is 4.23. The van der Waals surface area contributed by atoms with Crippen molar-refractivity contribution < 1.29 is 23.1 Å². The number of carbonyl (C=O) groups excluding carboxylic acids is 1. The highest BCUT2D eigenvalue weighted by Crippen LogP contribution is 2.38. The van der Waals surface area contributed by atoms with Crippen molar-refractivity contribution >= 4 is 11.6 Å². The fourth-order valence-corrected chi connectivity index (χ4v) is 2.71. The third-order valence-corrected chi connectivity index (χ3v) is 4.23. The predicted octanol–water partition coefficient (Wildman–Crippen LogP) is 2.63. The van der Waals surface area contributed by atoms with Crippen molar-refractivity contribution in [2.45, 2.75) is 38.5 Å². The fourth-order valence-electron chi connectivity index (χ4n) is 2.71. The number of hydrogen-bond donors (Lipinski definition) is 2. The molecule has 4 nitrogen and oxygen atoms in total. The number of rotatable bonds is 3. The van der Waals surface area contributed by atoms with Crippen LogP contribution in [0.5, 0.6) is 0 Å². The molecular weight excluding hydrogens is 309 g/mol. The Balaban J connectivity index is 1.88. The molecule has 0 bridgehead atoms. The van der Waals surface area contributed by atoms with Gasteiger partial charge in [0.2, 0.25) is 5.91 Å². The van der Waals surface area contributed by atoms with Gasteiger partial charge in [-0.15, -0.1) is 0 Å². The number of piperidine rings is 1. The maximum atomic E-state index is 12.7. The first-order valence-corrected chi connectivity index (χ1v) is 7.49. The van der Waals surface area contributed by atoms with Gasteiger partial charge in [0, 0.05) is 18.8 Å². The van der Waals surface area contributed by atoms with E-state index in [0.29, 0.717) is 5.69 Å². The number of nitrogens with one attached hydrogen (secondary N) is 1. The van der Waals surface area contributed by atoms with Crippen LogP contribution in [0.1, 0.15) is 24.0 Å². The Kier molecular flexibility index (Phi) is 5.01. The van der Waals surface area contributed by atoms with Crippen LogP contribution in [-0.4, -0.2) is 47.3 Å². The van der Waals surface area contributed by atoms with Gasteiger partial charge < -0.3 is 10.4 Å². The second kappa shape index (κ2) is 6.49. The summed E-state index contributed by atoms with van der Waals surface area (Å²) in [6, 6.07) is 5.63. The monoisotopic (exact) mass is 330 g/mol. The van der Waals surface area contributed by atoms with Crippen LogP contribution < -0.4 is 5.32 Å². The van der Waals surface area contributed by atoms with E-state index in [1.807, 2.05) is 26.0 Å². The lowest BCUT2D eigenvalue weighted by Gasteiger charge is -2.38. The van der Waals surface area contributed by atoms with Crippen LogP contribution in [0.25, 0.3) is 0 Å². The van der Waals surface area contributed by atoms with Crippen molar-refractivity contribution in [3.8, 4) is 0 Å². The maximum Gasteiger partial charge on any atom is 0.417 e. The lowest BCUT2D eigenvalue weighted by Crippen LogP contribution is -2.54. The summed E-state index contributed by atoms with van der Waals surface area (Å²) in [6.07, 6.45) is -5.44. The minimum Gasteiger partial charge on any atom is -0.380 e. The first kappa shape index (κ1) is 17.7. The van der Waals surface area contributed by atoms with E-state index in [0.717, 1.165) is 11.1 Å². The second-order valence-corrected chi connectivity index (χ2v) is 6.17. The Morgan fingerprint density at radius 3 is 2.43 bits per heavy atom. The molecule has 1 fully saturated rings. The zero-order valence-electron chi connectivity index (χ0n) is 13.2. The van der Waals surface area contributed by atoms with Gasteiger partial charge in [0.05, 0.1) is 6.54 Å². The third kappa shape index (κ3) is 4.23. The summed E-state index contributed by atoms with van der Waals surface area (Å²) in [5.74, 6) is -0.269. The summed E-state index contributed by atoms with van der Waals surface area (Å²) >= 11 is 0. The number of benzene rings is 1. The highest BCUT2D eigenvalue weighted by Gasteiger charge is 2.54. The molecule has 1 heterocycles. The van der Waals surface area contributed by atoms with E-state index in [-0.39, 0.29) is 25.5 Å². The van der Waals surface area contributed by atoms with Gasteiger partial charge in [-0.3, -0.25) is 9.69 Å². The van der Waals surface area contributed by atoms with E-state index in [4.69, 9.17) is 0 Å². The number of alkyl halides is 3. The van der Waals surface area contributed by atoms with E-state index in [2.05, 4.69) is 5.32 Å². The van der Waals surface area contributed by atoms with E-state index >= 15 is 0 Å². The molecule has 0 unspecified atom stereocenters. The van der Waals surface area contributed by atoms with Crippen molar-refractivity contribution in [3.63, 3.8) is 0 Å². The van der Waals surface area contributed by atoms with Crippen molar-refractivity contribution in [2.24, 2.45) is 0 Å². The average molecular weight is 330 g/mol. The molecular formula is C16H21F3N2O2. The Morgan fingerprint density at radius 2 is 1.91 bits per heavy atom. The normalized spacial score (nSPS) is 18.7. The van der Waals surface area contributed by atoms with Crippen LogP contribution in [0.4, 0.5) is 18.9 Å². The van der Waals surface area contributed by atoms with Gasteiger partial charge in [0.15, 0.2) is 5.60 Å². The number of aliphatic hydroxyl groups is 1. The summed E-state index contributed by atoms with van der Waals surface area (Å²) < 4.78 is 38.2. The zero-order chi connectivity index (χ0) is 17.3.